The Morgan fingerprint density at radius 2 is 1.56 bits per heavy atom. The molecule has 8 nitrogen and oxygen atoms in total. The molecule has 0 aromatic heterocycles. The number of ether oxygens (including phenoxy) is 2. The molecule has 0 unspecified atom stereocenters. The Labute approximate surface area is 187 Å². The second-order valence-electron chi connectivity index (χ2n) is 8.39. The number of amides is 2. The van der Waals surface area contributed by atoms with Crippen molar-refractivity contribution in [3.63, 3.8) is 0 Å². The predicted molar refractivity (Wildman–Crippen MR) is 119 cm³/mol. The van der Waals surface area contributed by atoms with Crippen molar-refractivity contribution < 1.29 is 29.0 Å². The second kappa shape index (κ2) is 11.2. The van der Waals surface area contributed by atoms with E-state index in [9.17, 15) is 14.4 Å². The van der Waals surface area contributed by atoms with Crippen molar-refractivity contribution in [2.45, 2.75) is 58.4 Å². The third-order valence-corrected chi connectivity index (χ3v) is 4.35. The first-order valence-corrected chi connectivity index (χ1v) is 10.3. The average molecular weight is 443 g/mol. The number of carbonyl (C=O) groups is 3. The van der Waals surface area contributed by atoms with Crippen molar-refractivity contribution in [1.82, 2.24) is 10.6 Å². The maximum Gasteiger partial charge on any atom is 0.408 e. The van der Waals surface area contributed by atoms with Gasteiger partial charge in [-0.15, -0.1) is 0 Å². The molecule has 0 radical (unpaired) electrons. The Balaban J connectivity index is 2.05. The van der Waals surface area contributed by atoms with E-state index in [2.05, 4.69) is 10.6 Å². The minimum atomic E-state index is -1.17. The molecule has 32 heavy (non-hydrogen) atoms. The normalized spacial score (nSPS) is 12.9. The van der Waals surface area contributed by atoms with Gasteiger partial charge in [0.1, 0.15) is 30.0 Å². The summed E-state index contributed by atoms with van der Waals surface area (Å²) in [6.07, 6.45) is -0.612. The molecule has 0 saturated carbocycles. The Hall–Kier alpha value is -3.55. The Morgan fingerprint density at radius 1 is 0.938 bits per heavy atom. The molecule has 2 amide bonds. The number of hydrogen-bond donors (Lipinski definition) is 3. The molecule has 172 valence electrons. The van der Waals surface area contributed by atoms with Gasteiger partial charge in [0, 0.05) is 6.42 Å². The van der Waals surface area contributed by atoms with Gasteiger partial charge >= 0.3 is 12.1 Å². The van der Waals surface area contributed by atoms with Gasteiger partial charge in [-0.25, -0.2) is 4.79 Å². The first-order valence-electron chi connectivity index (χ1n) is 10.3. The van der Waals surface area contributed by atoms with Gasteiger partial charge in [-0.3, -0.25) is 9.59 Å². The predicted octanol–water partition coefficient (Wildman–Crippen LogP) is 3.29. The zero-order chi connectivity index (χ0) is 23.7. The number of carboxylic acids is 1. The third kappa shape index (κ3) is 8.67. The SMILES string of the molecule is C[C@@H](NC(=O)[C@H](Cc1ccc(OCc2ccccc2)cc1)NC(=O)OC(C)(C)C)C(=O)O. The molecule has 2 aromatic rings. The lowest BCUT2D eigenvalue weighted by molar-refractivity contribution is -0.141. The van der Waals surface area contributed by atoms with Crippen molar-refractivity contribution in [3.8, 4) is 5.75 Å². The number of carbonyl (C=O) groups excluding carboxylic acids is 2. The molecule has 0 aliphatic carbocycles. The van der Waals surface area contributed by atoms with Crippen molar-refractivity contribution in [1.29, 1.82) is 0 Å². The van der Waals surface area contributed by atoms with Crippen LogP contribution in [-0.2, 0) is 27.4 Å². The van der Waals surface area contributed by atoms with Crippen LogP contribution in [0.5, 0.6) is 5.75 Å². The molecule has 0 aliphatic rings. The molecule has 2 rings (SSSR count). The van der Waals surface area contributed by atoms with E-state index >= 15 is 0 Å². The molecule has 2 atom stereocenters. The Kier molecular flexibility index (Phi) is 8.63. The van der Waals surface area contributed by atoms with Crippen molar-refractivity contribution in [3.05, 3.63) is 65.7 Å². The fraction of sp³-hybridized carbons (Fsp3) is 0.375. The minimum Gasteiger partial charge on any atom is -0.489 e. The van der Waals surface area contributed by atoms with Gasteiger partial charge in [0.25, 0.3) is 0 Å². The monoisotopic (exact) mass is 442 g/mol. The van der Waals surface area contributed by atoms with E-state index in [-0.39, 0.29) is 6.42 Å². The molecule has 0 bridgehead atoms. The maximum absolute atomic E-state index is 12.6. The highest BCUT2D eigenvalue weighted by Crippen LogP contribution is 2.16. The first kappa shape index (κ1) is 24.7. The van der Waals surface area contributed by atoms with Gasteiger partial charge in [0.2, 0.25) is 5.91 Å². The van der Waals surface area contributed by atoms with Crippen LogP contribution in [0.25, 0.3) is 0 Å². The number of nitrogens with one attached hydrogen (secondary N) is 2. The Morgan fingerprint density at radius 3 is 2.12 bits per heavy atom. The molecule has 8 heteroatoms. The van der Waals surface area contributed by atoms with E-state index in [1.165, 1.54) is 6.92 Å². The highest BCUT2D eigenvalue weighted by molar-refractivity contribution is 5.89. The number of carboxylic acid groups (broad SMARTS) is 1. The lowest BCUT2D eigenvalue weighted by Gasteiger charge is -2.24. The molecule has 0 fully saturated rings. The summed E-state index contributed by atoms with van der Waals surface area (Å²) in [6, 6.07) is 14.8. The quantitative estimate of drug-likeness (QED) is 0.549. The van der Waals surface area contributed by atoms with Gasteiger partial charge in [0.05, 0.1) is 0 Å². The van der Waals surface area contributed by atoms with Gasteiger partial charge < -0.3 is 25.2 Å². The Bertz CT molecular complexity index is 906. The summed E-state index contributed by atoms with van der Waals surface area (Å²) in [5.74, 6) is -1.12. The van der Waals surface area contributed by atoms with Gasteiger partial charge in [-0.05, 0) is 51.0 Å². The average Bonchev–Trinajstić information content (AvgIpc) is 2.72. The zero-order valence-corrected chi connectivity index (χ0v) is 18.8. The number of rotatable bonds is 9. The molecule has 2 aromatic carbocycles. The molecule has 0 saturated heterocycles. The van der Waals surface area contributed by atoms with Crippen LogP contribution in [0, 0.1) is 0 Å². The fourth-order valence-corrected chi connectivity index (χ4v) is 2.73. The molecular weight excluding hydrogens is 412 g/mol. The molecule has 0 spiro atoms. The fourth-order valence-electron chi connectivity index (χ4n) is 2.73. The summed E-state index contributed by atoms with van der Waals surface area (Å²) in [4.78, 5) is 35.9. The van der Waals surface area contributed by atoms with Crippen LogP contribution in [0.3, 0.4) is 0 Å². The van der Waals surface area contributed by atoms with Gasteiger partial charge in [-0.2, -0.15) is 0 Å². The van der Waals surface area contributed by atoms with Crippen LogP contribution in [0.4, 0.5) is 4.79 Å². The lowest BCUT2D eigenvalue weighted by Crippen LogP contribution is -2.52. The topological polar surface area (TPSA) is 114 Å². The van der Waals surface area contributed by atoms with Crippen LogP contribution in [-0.4, -0.2) is 40.8 Å². The van der Waals surface area contributed by atoms with Crippen molar-refractivity contribution >= 4 is 18.0 Å². The zero-order valence-electron chi connectivity index (χ0n) is 18.8. The van der Waals surface area contributed by atoms with E-state index in [1.807, 2.05) is 30.3 Å². The number of alkyl carbamates (subject to hydrolysis) is 1. The van der Waals surface area contributed by atoms with Crippen molar-refractivity contribution in [2.75, 3.05) is 0 Å². The largest absolute Gasteiger partial charge is 0.489 e. The van der Waals surface area contributed by atoms with E-state index in [4.69, 9.17) is 14.6 Å². The highest BCUT2D eigenvalue weighted by atomic mass is 16.6. The smallest absolute Gasteiger partial charge is 0.408 e. The van der Waals surface area contributed by atoms with Crippen molar-refractivity contribution in [2.24, 2.45) is 0 Å². The number of aliphatic carboxylic acids is 1. The standard InChI is InChI=1S/C24H30N2O6/c1-16(22(28)29)25-21(27)20(26-23(30)32-24(2,3)4)14-17-10-12-19(13-11-17)31-15-18-8-6-5-7-9-18/h5-13,16,20H,14-15H2,1-4H3,(H,25,27)(H,26,30)(H,28,29)/t16-,20+/m1/s1. The van der Waals surface area contributed by atoms with Gasteiger partial charge in [-0.1, -0.05) is 42.5 Å². The van der Waals surface area contributed by atoms with E-state index in [0.29, 0.717) is 12.4 Å². The van der Waals surface area contributed by atoms with E-state index in [1.54, 1.807) is 45.0 Å². The summed E-state index contributed by atoms with van der Waals surface area (Å²) in [5.41, 5.74) is 1.07. The van der Waals surface area contributed by atoms with Gasteiger partial charge in [0.15, 0.2) is 0 Å². The van der Waals surface area contributed by atoms with Crippen LogP contribution >= 0.6 is 0 Å². The lowest BCUT2D eigenvalue weighted by atomic mass is 10.0. The molecule has 0 aliphatic heterocycles. The van der Waals surface area contributed by atoms with Crippen LogP contribution in [0.2, 0.25) is 0 Å². The molecule has 0 heterocycles. The first-order chi connectivity index (χ1) is 15.0. The molecule has 3 N–H and O–H groups in total. The highest BCUT2D eigenvalue weighted by Gasteiger charge is 2.27. The summed E-state index contributed by atoms with van der Waals surface area (Å²) >= 11 is 0. The van der Waals surface area contributed by atoms with Crippen LogP contribution < -0.4 is 15.4 Å². The number of hydrogen-bond acceptors (Lipinski definition) is 5. The third-order valence-electron chi connectivity index (χ3n) is 4.35. The van der Waals surface area contributed by atoms with Crippen LogP contribution in [0.15, 0.2) is 54.6 Å². The summed E-state index contributed by atoms with van der Waals surface area (Å²) in [6.45, 7) is 6.91. The summed E-state index contributed by atoms with van der Waals surface area (Å²) < 4.78 is 11.0. The molecular formula is C24H30N2O6. The van der Waals surface area contributed by atoms with E-state index < -0.39 is 35.7 Å². The van der Waals surface area contributed by atoms with E-state index in [0.717, 1.165) is 11.1 Å². The minimum absolute atomic E-state index is 0.149. The van der Waals surface area contributed by atoms with Crippen LogP contribution in [0.1, 0.15) is 38.8 Å². The maximum atomic E-state index is 12.6. The number of benzene rings is 2. The summed E-state index contributed by atoms with van der Waals surface area (Å²) in [7, 11) is 0. The second-order valence-corrected chi connectivity index (χ2v) is 8.39. The summed E-state index contributed by atoms with van der Waals surface area (Å²) in [5, 5.41) is 14.0.